The van der Waals surface area contributed by atoms with Gasteiger partial charge in [-0.15, -0.1) is 0 Å². The predicted octanol–water partition coefficient (Wildman–Crippen LogP) is 4.26. The first-order chi connectivity index (χ1) is 14.1. The average molecular weight is 417 g/mol. The van der Waals surface area contributed by atoms with Crippen molar-refractivity contribution in [1.82, 2.24) is 10.6 Å². The minimum absolute atomic E-state index is 0.405. The molecule has 0 aromatic heterocycles. The summed E-state index contributed by atoms with van der Waals surface area (Å²) in [6.07, 6.45) is 15.2. The maximum absolute atomic E-state index is 11.8. The minimum atomic E-state index is -1.16. The van der Waals surface area contributed by atoms with Gasteiger partial charge in [0.2, 0.25) is 0 Å². The molecule has 0 fully saturated rings. The molecular formula is C23H48N2O4. The maximum Gasteiger partial charge on any atom is 0.315 e. The molecule has 0 rings (SSSR count). The fraction of sp³-hybridized carbons (Fsp3) is 0.957. The molecule has 0 aliphatic heterocycles. The van der Waals surface area contributed by atoms with Crippen LogP contribution in [0, 0.1) is 0 Å². The van der Waals surface area contributed by atoms with Crippen LogP contribution in [0.1, 0.15) is 110 Å². The molecule has 6 nitrogen and oxygen atoms in total. The third kappa shape index (κ3) is 16.6. The number of amides is 2. The Labute approximate surface area is 178 Å². The molecule has 0 aromatic rings. The van der Waals surface area contributed by atoms with Crippen LogP contribution in [0.2, 0.25) is 0 Å². The Morgan fingerprint density at radius 2 is 1.24 bits per heavy atom. The SMILES string of the molecule is CCCCCCCCCCCCCC[C@@H](O)[C@@H](O)[C@H](CO)NC(=O)NCCCC. The molecule has 0 aromatic carbocycles. The van der Waals surface area contributed by atoms with Gasteiger partial charge in [0, 0.05) is 6.54 Å². The topological polar surface area (TPSA) is 102 Å². The second kappa shape index (κ2) is 20.4. The second-order valence-corrected chi connectivity index (χ2v) is 8.28. The molecule has 29 heavy (non-hydrogen) atoms. The average Bonchev–Trinajstić information content (AvgIpc) is 2.72. The number of aliphatic hydroxyl groups excluding tert-OH is 3. The van der Waals surface area contributed by atoms with Crippen LogP contribution in [0.4, 0.5) is 4.79 Å². The van der Waals surface area contributed by atoms with Crippen molar-refractivity contribution in [3.05, 3.63) is 0 Å². The van der Waals surface area contributed by atoms with E-state index >= 15 is 0 Å². The summed E-state index contributed by atoms with van der Waals surface area (Å²) in [6.45, 7) is 4.43. The fourth-order valence-electron chi connectivity index (χ4n) is 3.47. The van der Waals surface area contributed by atoms with E-state index in [-0.39, 0.29) is 0 Å². The number of rotatable bonds is 20. The lowest BCUT2D eigenvalue weighted by molar-refractivity contribution is -0.0183. The molecule has 0 heterocycles. The molecule has 3 atom stereocenters. The van der Waals surface area contributed by atoms with Crippen molar-refractivity contribution in [3.63, 3.8) is 0 Å². The van der Waals surface area contributed by atoms with Crippen molar-refractivity contribution in [2.75, 3.05) is 13.2 Å². The summed E-state index contributed by atoms with van der Waals surface area (Å²) in [5.41, 5.74) is 0. The molecule has 174 valence electrons. The molecule has 0 saturated carbocycles. The molecule has 0 aliphatic rings. The Morgan fingerprint density at radius 1 is 0.759 bits per heavy atom. The van der Waals surface area contributed by atoms with Gasteiger partial charge in [-0.05, 0) is 12.8 Å². The number of carbonyl (C=O) groups excluding carboxylic acids is 1. The molecule has 5 N–H and O–H groups in total. The van der Waals surface area contributed by atoms with Crippen molar-refractivity contribution < 1.29 is 20.1 Å². The van der Waals surface area contributed by atoms with E-state index in [1.165, 1.54) is 57.8 Å². The lowest BCUT2D eigenvalue weighted by Crippen LogP contribution is -2.53. The fourth-order valence-corrected chi connectivity index (χ4v) is 3.47. The molecule has 0 unspecified atom stereocenters. The van der Waals surface area contributed by atoms with Gasteiger partial charge in [0.1, 0.15) is 6.10 Å². The van der Waals surface area contributed by atoms with Gasteiger partial charge in [0.15, 0.2) is 0 Å². The van der Waals surface area contributed by atoms with Crippen molar-refractivity contribution in [3.8, 4) is 0 Å². The van der Waals surface area contributed by atoms with Crippen LogP contribution in [-0.2, 0) is 0 Å². The summed E-state index contributed by atoms with van der Waals surface area (Å²) in [7, 11) is 0. The summed E-state index contributed by atoms with van der Waals surface area (Å²) < 4.78 is 0. The smallest absolute Gasteiger partial charge is 0.315 e. The van der Waals surface area contributed by atoms with Crippen molar-refractivity contribution in [2.45, 2.75) is 128 Å². The molecule has 6 heteroatoms. The Morgan fingerprint density at radius 3 is 1.72 bits per heavy atom. The quantitative estimate of drug-likeness (QED) is 0.191. The molecule has 0 radical (unpaired) electrons. The Balaban J connectivity index is 3.72. The zero-order valence-corrected chi connectivity index (χ0v) is 19.0. The third-order valence-electron chi connectivity index (χ3n) is 5.49. The van der Waals surface area contributed by atoms with Crippen LogP contribution >= 0.6 is 0 Å². The van der Waals surface area contributed by atoms with Gasteiger partial charge < -0.3 is 26.0 Å². The van der Waals surface area contributed by atoms with Crippen LogP contribution in [0.25, 0.3) is 0 Å². The number of nitrogens with one attached hydrogen (secondary N) is 2. The minimum Gasteiger partial charge on any atom is -0.394 e. The highest BCUT2D eigenvalue weighted by atomic mass is 16.3. The first-order valence-corrected chi connectivity index (χ1v) is 12.1. The summed E-state index contributed by atoms with van der Waals surface area (Å²) in [4.78, 5) is 11.8. The first-order valence-electron chi connectivity index (χ1n) is 12.1. The van der Waals surface area contributed by atoms with E-state index in [0.717, 1.165) is 32.1 Å². The highest BCUT2D eigenvalue weighted by molar-refractivity contribution is 5.74. The van der Waals surface area contributed by atoms with Crippen molar-refractivity contribution >= 4 is 6.03 Å². The van der Waals surface area contributed by atoms with Crippen LogP contribution in [0.15, 0.2) is 0 Å². The lowest BCUT2D eigenvalue weighted by Gasteiger charge is -2.26. The van der Waals surface area contributed by atoms with E-state index in [0.29, 0.717) is 13.0 Å². The van der Waals surface area contributed by atoms with Crippen LogP contribution in [0.3, 0.4) is 0 Å². The number of aliphatic hydroxyl groups is 3. The van der Waals surface area contributed by atoms with Gasteiger partial charge in [-0.25, -0.2) is 4.79 Å². The lowest BCUT2D eigenvalue weighted by atomic mass is 9.99. The highest BCUT2D eigenvalue weighted by Crippen LogP contribution is 2.14. The second-order valence-electron chi connectivity index (χ2n) is 8.28. The number of urea groups is 1. The van der Waals surface area contributed by atoms with E-state index in [1.54, 1.807) is 0 Å². The zero-order valence-electron chi connectivity index (χ0n) is 19.0. The summed E-state index contributed by atoms with van der Waals surface area (Å²) in [5, 5.41) is 35.0. The van der Waals surface area contributed by atoms with Crippen molar-refractivity contribution in [1.29, 1.82) is 0 Å². The molecule has 0 bridgehead atoms. The van der Waals surface area contributed by atoms with Gasteiger partial charge in [-0.1, -0.05) is 97.3 Å². The van der Waals surface area contributed by atoms with Gasteiger partial charge in [0.25, 0.3) is 0 Å². The summed E-state index contributed by atoms with van der Waals surface area (Å²) in [6, 6.07) is -1.28. The Bertz CT molecular complexity index is 369. The third-order valence-corrected chi connectivity index (χ3v) is 5.49. The molecule has 0 aliphatic carbocycles. The Kier molecular flexibility index (Phi) is 19.8. The van der Waals surface area contributed by atoms with E-state index in [1.807, 2.05) is 6.92 Å². The standard InChI is InChI=1S/C23H48N2O4/c1-3-5-7-8-9-10-11-12-13-14-15-16-17-21(27)22(28)20(19-26)25-23(29)24-18-6-4-2/h20-22,26-28H,3-19H2,1-2H3,(H2,24,25,29)/t20-,21+,22-/m0/s1. The van der Waals surface area contributed by atoms with Gasteiger partial charge in [-0.2, -0.15) is 0 Å². The Hall–Kier alpha value is -0.850. The largest absolute Gasteiger partial charge is 0.394 e. The molecule has 2 amide bonds. The molecule has 0 spiro atoms. The van der Waals surface area contributed by atoms with E-state index in [2.05, 4.69) is 17.6 Å². The van der Waals surface area contributed by atoms with Crippen LogP contribution in [0.5, 0.6) is 0 Å². The number of hydrogen-bond acceptors (Lipinski definition) is 4. The summed E-state index contributed by atoms with van der Waals surface area (Å²) >= 11 is 0. The number of unbranched alkanes of at least 4 members (excludes halogenated alkanes) is 12. The van der Waals surface area contributed by atoms with E-state index < -0.39 is 30.9 Å². The van der Waals surface area contributed by atoms with Gasteiger partial charge >= 0.3 is 6.03 Å². The highest BCUT2D eigenvalue weighted by Gasteiger charge is 2.26. The summed E-state index contributed by atoms with van der Waals surface area (Å²) in [5.74, 6) is 0. The van der Waals surface area contributed by atoms with Crippen molar-refractivity contribution in [2.24, 2.45) is 0 Å². The normalized spacial score (nSPS) is 14.4. The predicted molar refractivity (Wildman–Crippen MR) is 120 cm³/mol. The zero-order chi connectivity index (χ0) is 21.7. The maximum atomic E-state index is 11.8. The first kappa shape index (κ1) is 28.1. The van der Waals surface area contributed by atoms with Crippen LogP contribution < -0.4 is 10.6 Å². The van der Waals surface area contributed by atoms with E-state index in [9.17, 15) is 20.1 Å². The van der Waals surface area contributed by atoms with Gasteiger partial charge in [-0.3, -0.25) is 0 Å². The molecular weight excluding hydrogens is 368 g/mol. The number of hydrogen-bond donors (Lipinski definition) is 5. The van der Waals surface area contributed by atoms with E-state index in [4.69, 9.17) is 0 Å². The number of carbonyl (C=O) groups is 1. The van der Waals surface area contributed by atoms with Crippen LogP contribution in [-0.4, -0.2) is 52.8 Å². The van der Waals surface area contributed by atoms with Gasteiger partial charge in [0.05, 0.1) is 18.8 Å². The monoisotopic (exact) mass is 416 g/mol. The molecule has 0 saturated heterocycles.